The number of hydrogen-bond donors (Lipinski definition) is 0. The Morgan fingerprint density at radius 3 is 2.38 bits per heavy atom. The zero-order valence-corrected chi connectivity index (χ0v) is 8.89. The number of carbonyl (C=O) groups is 1. The van der Waals surface area contributed by atoms with E-state index in [1.54, 1.807) is 0 Å². The van der Waals surface area contributed by atoms with Gasteiger partial charge in [0.05, 0.1) is 12.9 Å². The Morgan fingerprint density at radius 2 is 1.92 bits per heavy atom. The zero-order chi connectivity index (χ0) is 10.3. The van der Waals surface area contributed by atoms with E-state index in [1.807, 2.05) is 6.92 Å². The molecule has 0 fully saturated rings. The standard InChI is InChI=1S/C8H16O4S/c1-3-4-5-6-13(10,11)7-8(9)12-2/h3-7H2,1-2H3. The molecule has 0 aliphatic heterocycles. The van der Waals surface area contributed by atoms with Gasteiger partial charge in [-0.3, -0.25) is 4.79 Å². The van der Waals surface area contributed by atoms with E-state index in [2.05, 4.69) is 4.74 Å². The van der Waals surface area contributed by atoms with Gasteiger partial charge in [0.25, 0.3) is 0 Å². The molecule has 0 aromatic heterocycles. The number of hydrogen-bond acceptors (Lipinski definition) is 4. The molecule has 0 aromatic rings. The van der Waals surface area contributed by atoms with E-state index in [9.17, 15) is 13.2 Å². The van der Waals surface area contributed by atoms with Gasteiger partial charge in [-0.05, 0) is 6.42 Å². The fourth-order valence-corrected chi connectivity index (χ4v) is 2.15. The predicted octanol–water partition coefficient (Wildman–Crippen LogP) is 0.764. The Bertz CT molecular complexity index is 243. The van der Waals surface area contributed by atoms with E-state index in [0.29, 0.717) is 6.42 Å². The molecule has 0 heterocycles. The average molecular weight is 208 g/mol. The van der Waals surface area contributed by atoms with Gasteiger partial charge in [0.1, 0.15) is 5.75 Å². The first-order valence-corrected chi connectivity index (χ1v) is 6.11. The van der Waals surface area contributed by atoms with E-state index in [0.717, 1.165) is 12.8 Å². The lowest BCUT2D eigenvalue weighted by molar-refractivity contribution is -0.137. The molecule has 0 atom stereocenters. The molecule has 0 saturated heterocycles. The van der Waals surface area contributed by atoms with E-state index >= 15 is 0 Å². The molecule has 5 heteroatoms. The number of unbranched alkanes of at least 4 members (excludes halogenated alkanes) is 2. The summed E-state index contributed by atoms with van der Waals surface area (Å²) in [5, 5.41) is 0. The topological polar surface area (TPSA) is 60.4 Å². The summed E-state index contributed by atoms with van der Waals surface area (Å²) in [6.45, 7) is 1.99. The first kappa shape index (κ1) is 12.4. The maximum Gasteiger partial charge on any atom is 0.320 e. The van der Waals surface area contributed by atoms with Crippen LogP contribution in [0.1, 0.15) is 26.2 Å². The van der Waals surface area contributed by atoms with Gasteiger partial charge in [-0.2, -0.15) is 0 Å². The van der Waals surface area contributed by atoms with Crippen molar-refractivity contribution in [2.75, 3.05) is 18.6 Å². The van der Waals surface area contributed by atoms with Crippen molar-refractivity contribution in [2.45, 2.75) is 26.2 Å². The van der Waals surface area contributed by atoms with Crippen LogP contribution < -0.4 is 0 Å². The molecule has 0 bridgehead atoms. The third kappa shape index (κ3) is 6.57. The van der Waals surface area contributed by atoms with Gasteiger partial charge in [-0.15, -0.1) is 0 Å². The molecule has 0 N–H and O–H groups in total. The highest BCUT2D eigenvalue weighted by molar-refractivity contribution is 7.92. The van der Waals surface area contributed by atoms with Crippen molar-refractivity contribution in [3.8, 4) is 0 Å². The predicted molar refractivity (Wildman–Crippen MR) is 50.2 cm³/mol. The van der Waals surface area contributed by atoms with Crippen LogP contribution in [-0.2, 0) is 19.4 Å². The number of carbonyl (C=O) groups excluding carboxylic acids is 1. The Balaban J connectivity index is 3.88. The largest absolute Gasteiger partial charge is 0.468 e. The number of sulfone groups is 1. The van der Waals surface area contributed by atoms with Crippen LogP contribution in [0.5, 0.6) is 0 Å². The van der Waals surface area contributed by atoms with E-state index in [1.165, 1.54) is 7.11 Å². The number of rotatable bonds is 6. The van der Waals surface area contributed by atoms with Crippen molar-refractivity contribution in [2.24, 2.45) is 0 Å². The van der Waals surface area contributed by atoms with Gasteiger partial charge in [-0.1, -0.05) is 19.8 Å². The summed E-state index contributed by atoms with van der Waals surface area (Å²) in [5.74, 6) is -1.10. The van der Waals surface area contributed by atoms with Crippen LogP contribution in [0.4, 0.5) is 0 Å². The highest BCUT2D eigenvalue weighted by Crippen LogP contribution is 2.00. The lowest BCUT2D eigenvalue weighted by Gasteiger charge is -2.01. The third-order valence-corrected chi connectivity index (χ3v) is 3.21. The molecule has 0 saturated carbocycles. The Hall–Kier alpha value is -0.580. The van der Waals surface area contributed by atoms with Crippen molar-refractivity contribution in [3.05, 3.63) is 0 Å². The van der Waals surface area contributed by atoms with Crippen LogP contribution in [0.25, 0.3) is 0 Å². The summed E-state index contributed by atoms with van der Waals surface area (Å²) >= 11 is 0. The van der Waals surface area contributed by atoms with Gasteiger partial charge in [0, 0.05) is 0 Å². The monoisotopic (exact) mass is 208 g/mol. The second kappa shape index (κ2) is 5.96. The molecule has 0 aliphatic rings. The van der Waals surface area contributed by atoms with Crippen LogP contribution in [0, 0.1) is 0 Å². The van der Waals surface area contributed by atoms with Crippen molar-refractivity contribution >= 4 is 15.8 Å². The molecule has 0 amide bonds. The zero-order valence-electron chi connectivity index (χ0n) is 8.08. The molecule has 78 valence electrons. The van der Waals surface area contributed by atoms with Crippen LogP contribution in [0.2, 0.25) is 0 Å². The van der Waals surface area contributed by atoms with E-state index in [4.69, 9.17) is 0 Å². The minimum atomic E-state index is -3.24. The molecule has 0 radical (unpaired) electrons. The van der Waals surface area contributed by atoms with Gasteiger partial charge >= 0.3 is 5.97 Å². The summed E-state index contributed by atoms with van der Waals surface area (Å²) in [6, 6.07) is 0. The third-order valence-electron chi connectivity index (χ3n) is 1.62. The molecule has 13 heavy (non-hydrogen) atoms. The summed E-state index contributed by atoms with van der Waals surface area (Å²) in [7, 11) is -2.06. The quantitative estimate of drug-likeness (QED) is 0.477. The minimum Gasteiger partial charge on any atom is -0.468 e. The second-order valence-corrected chi connectivity index (χ2v) is 5.06. The SMILES string of the molecule is CCCCCS(=O)(=O)CC(=O)OC. The summed E-state index contributed by atoms with van der Waals surface area (Å²) < 4.78 is 26.6. The van der Waals surface area contributed by atoms with E-state index < -0.39 is 21.6 Å². The summed E-state index contributed by atoms with van der Waals surface area (Å²) in [4.78, 5) is 10.7. The first-order valence-electron chi connectivity index (χ1n) is 4.29. The molecule has 0 unspecified atom stereocenters. The Labute approximate surface area is 79.2 Å². The molecule has 4 nitrogen and oxygen atoms in total. The molecular weight excluding hydrogens is 192 g/mol. The van der Waals surface area contributed by atoms with Crippen molar-refractivity contribution in [1.82, 2.24) is 0 Å². The Kier molecular flexibility index (Phi) is 5.70. The highest BCUT2D eigenvalue weighted by atomic mass is 32.2. The van der Waals surface area contributed by atoms with Gasteiger partial charge in [-0.25, -0.2) is 8.42 Å². The van der Waals surface area contributed by atoms with Gasteiger partial charge in [0.2, 0.25) is 0 Å². The Morgan fingerprint density at radius 1 is 1.31 bits per heavy atom. The van der Waals surface area contributed by atoms with Crippen LogP contribution in [0.3, 0.4) is 0 Å². The van der Waals surface area contributed by atoms with Crippen molar-refractivity contribution in [1.29, 1.82) is 0 Å². The first-order chi connectivity index (χ1) is 6.02. The van der Waals surface area contributed by atoms with Crippen molar-refractivity contribution < 1.29 is 17.9 Å². The van der Waals surface area contributed by atoms with Crippen molar-refractivity contribution in [3.63, 3.8) is 0 Å². The lowest BCUT2D eigenvalue weighted by Crippen LogP contribution is -2.19. The molecular formula is C8H16O4S. The fourth-order valence-electron chi connectivity index (χ4n) is 0.883. The normalized spacial score (nSPS) is 11.2. The van der Waals surface area contributed by atoms with Crippen LogP contribution >= 0.6 is 0 Å². The minimum absolute atomic E-state index is 0.0793. The molecule has 0 rings (SSSR count). The number of methoxy groups -OCH3 is 1. The smallest absolute Gasteiger partial charge is 0.320 e. The fraction of sp³-hybridized carbons (Fsp3) is 0.875. The summed E-state index contributed by atoms with van der Waals surface area (Å²) in [5.41, 5.74) is 0. The molecule has 0 aliphatic carbocycles. The van der Waals surface area contributed by atoms with Gasteiger partial charge in [0.15, 0.2) is 9.84 Å². The molecule has 0 spiro atoms. The van der Waals surface area contributed by atoms with E-state index in [-0.39, 0.29) is 5.75 Å². The maximum absolute atomic E-state index is 11.2. The second-order valence-electron chi connectivity index (χ2n) is 2.88. The van der Waals surface area contributed by atoms with Gasteiger partial charge < -0.3 is 4.74 Å². The van der Waals surface area contributed by atoms with Crippen LogP contribution in [-0.4, -0.2) is 33.0 Å². The lowest BCUT2D eigenvalue weighted by atomic mass is 10.3. The molecule has 0 aromatic carbocycles. The maximum atomic E-state index is 11.2. The average Bonchev–Trinajstić information content (AvgIpc) is 2.03. The summed E-state index contributed by atoms with van der Waals surface area (Å²) in [6.07, 6.45) is 2.46. The number of ether oxygens (including phenoxy) is 1. The van der Waals surface area contributed by atoms with Crippen LogP contribution in [0.15, 0.2) is 0 Å². The number of esters is 1. The highest BCUT2D eigenvalue weighted by Gasteiger charge is 2.15.